The second kappa shape index (κ2) is 11.2. The summed E-state index contributed by atoms with van der Waals surface area (Å²) in [6.45, 7) is 3.58. The zero-order valence-electron chi connectivity index (χ0n) is 20.6. The fraction of sp³-hybridized carbons (Fsp3) is 0.467. The van der Waals surface area contributed by atoms with E-state index in [0.29, 0.717) is 6.04 Å². The maximum absolute atomic E-state index is 13.1. The number of fused-ring (bicyclic) bond motifs is 1. The molecule has 0 aromatic heterocycles. The Morgan fingerprint density at radius 2 is 1.54 bits per heavy atom. The molecular formula is C30H37N3O2. The molecule has 5 nitrogen and oxygen atoms in total. The van der Waals surface area contributed by atoms with Crippen LogP contribution in [0.4, 0.5) is 0 Å². The number of hydrogen-bond donors (Lipinski definition) is 1. The summed E-state index contributed by atoms with van der Waals surface area (Å²) in [4.78, 5) is 30.2. The monoisotopic (exact) mass is 471 g/mol. The second-order valence-electron chi connectivity index (χ2n) is 10.3. The summed E-state index contributed by atoms with van der Waals surface area (Å²) in [5.41, 5.74) is 3.75. The third-order valence-corrected chi connectivity index (χ3v) is 8.10. The molecule has 2 saturated heterocycles. The van der Waals surface area contributed by atoms with E-state index >= 15 is 0 Å². The second-order valence-corrected chi connectivity index (χ2v) is 10.3. The number of rotatable bonds is 5. The SMILES string of the molecule is O=C(NC1CCCc2ccccc21)C1CCN(C2CCN(C(=O)/C=C/c3ccccc3)CC2)CC1. The lowest BCUT2D eigenvalue weighted by atomic mass is 9.86. The lowest BCUT2D eigenvalue weighted by Crippen LogP contribution is -2.50. The molecule has 1 unspecified atom stereocenters. The molecule has 1 N–H and O–H groups in total. The molecule has 2 fully saturated rings. The summed E-state index contributed by atoms with van der Waals surface area (Å²) in [5, 5.41) is 3.37. The Bertz CT molecular complexity index is 1030. The summed E-state index contributed by atoms with van der Waals surface area (Å²) in [6.07, 6.45) is 10.8. The standard InChI is InChI=1S/C30H37N3O2/c34-29(14-13-23-7-2-1-3-8-23)33-21-17-26(18-22-33)32-19-15-25(16-20-32)30(35)31-28-12-6-10-24-9-4-5-11-27(24)28/h1-5,7-9,11,13-14,25-26,28H,6,10,12,15-22H2,(H,31,35)/b14-13+. The fourth-order valence-corrected chi connectivity index (χ4v) is 6.01. The van der Waals surface area contributed by atoms with Crippen molar-refractivity contribution in [2.24, 2.45) is 5.92 Å². The van der Waals surface area contributed by atoms with Crippen LogP contribution >= 0.6 is 0 Å². The highest BCUT2D eigenvalue weighted by Gasteiger charge is 2.32. The molecular weight excluding hydrogens is 434 g/mol. The lowest BCUT2D eigenvalue weighted by Gasteiger charge is -2.41. The van der Waals surface area contributed by atoms with Gasteiger partial charge in [0.05, 0.1) is 6.04 Å². The summed E-state index contributed by atoms with van der Waals surface area (Å²) in [6, 6.07) is 19.2. The van der Waals surface area contributed by atoms with Crippen molar-refractivity contribution in [3.8, 4) is 0 Å². The highest BCUT2D eigenvalue weighted by atomic mass is 16.2. The number of piperidine rings is 2. The van der Waals surface area contributed by atoms with Crippen LogP contribution in [0.2, 0.25) is 0 Å². The minimum absolute atomic E-state index is 0.104. The van der Waals surface area contributed by atoms with Crippen LogP contribution in [0, 0.1) is 5.92 Å². The van der Waals surface area contributed by atoms with Crippen LogP contribution in [0.1, 0.15) is 61.3 Å². The van der Waals surface area contributed by atoms with Gasteiger partial charge >= 0.3 is 0 Å². The van der Waals surface area contributed by atoms with Gasteiger partial charge in [-0.25, -0.2) is 0 Å². The first-order chi connectivity index (χ1) is 17.2. The van der Waals surface area contributed by atoms with Crippen molar-refractivity contribution >= 4 is 17.9 Å². The van der Waals surface area contributed by atoms with E-state index in [1.165, 1.54) is 11.1 Å². The summed E-state index contributed by atoms with van der Waals surface area (Å²) in [7, 11) is 0. The Morgan fingerprint density at radius 3 is 2.31 bits per heavy atom. The molecule has 0 radical (unpaired) electrons. The molecule has 5 rings (SSSR count). The molecule has 2 aromatic rings. The van der Waals surface area contributed by atoms with Gasteiger partial charge in [0, 0.05) is 31.1 Å². The number of amides is 2. The van der Waals surface area contributed by atoms with Crippen molar-refractivity contribution in [2.45, 2.75) is 57.0 Å². The first-order valence-electron chi connectivity index (χ1n) is 13.3. The van der Waals surface area contributed by atoms with Crippen LogP contribution in [0.3, 0.4) is 0 Å². The van der Waals surface area contributed by atoms with E-state index in [9.17, 15) is 9.59 Å². The Kier molecular flexibility index (Phi) is 7.63. The quantitative estimate of drug-likeness (QED) is 0.649. The molecule has 0 spiro atoms. The molecule has 35 heavy (non-hydrogen) atoms. The molecule has 1 atom stereocenters. The van der Waals surface area contributed by atoms with E-state index in [2.05, 4.69) is 34.5 Å². The smallest absolute Gasteiger partial charge is 0.246 e. The van der Waals surface area contributed by atoms with Gasteiger partial charge in [-0.2, -0.15) is 0 Å². The molecule has 2 aliphatic heterocycles. The van der Waals surface area contributed by atoms with Crippen molar-refractivity contribution < 1.29 is 9.59 Å². The van der Waals surface area contributed by atoms with Crippen LogP contribution in [-0.4, -0.2) is 53.8 Å². The van der Waals surface area contributed by atoms with E-state index in [-0.39, 0.29) is 23.8 Å². The van der Waals surface area contributed by atoms with Crippen LogP contribution < -0.4 is 5.32 Å². The van der Waals surface area contributed by atoms with Crippen molar-refractivity contribution in [2.75, 3.05) is 26.2 Å². The minimum atomic E-state index is 0.104. The summed E-state index contributed by atoms with van der Waals surface area (Å²) in [5.74, 6) is 0.453. The number of carbonyl (C=O) groups excluding carboxylic acids is 2. The molecule has 184 valence electrons. The molecule has 2 heterocycles. The van der Waals surface area contributed by atoms with E-state index in [1.54, 1.807) is 6.08 Å². The number of nitrogens with one attached hydrogen (secondary N) is 1. The first kappa shape index (κ1) is 23.8. The molecule has 1 aliphatic carbocycles. The van der Waals surface area contributed by atoms with E-state index in [4.69, 9.17) is 0 Å². The van der Waals surface area contributed by atoms with Gasteiger partial charge in [-0.05, 0) is 80.8 Å². The molecule has 2 aromatic carbocycles. The topological polar surface area (TPSA) is 52.7 Å². The molecule has 2 amide bonds. The number of carbonyl (C=O) groups is 2. The van der Waals surface area contributed by atoms with Crippen molar-refractivity contribution in [3.05, 3.63) is 77.4 Å². The van der Waals surface area contributed by atoms with E-state index < -0.39 is 0 Å². The zero-order chi connectivity index (χ0) is 24.0. The van der Waals surface area contributed by atoms with E-state index in [0.717, 1.165) is 76.7 Å². The average molecular weight is 472 g/mol. The number of likely N-dealkylation sites (tertiary alicyclic amines) is 2. The largest absolute Gasteiger partial charge is 0.349 e. The number of benzene rings is 2. The number of hydrogen-bond acceptors (Lipinski definition) is 3. The normalized spacial score (nSPS) is 22.2. The van der Waals surface area contributed by atoms with Gasteiger partial charge in [0.25, 0.3) is 0 Å². The van der Waals surface area contributed by atoms with Crippen molar-refractivity contribution in [1.82, 2.24) is 15.1 Å². The molecule has 5 heteroatoms. The van der Waals surface area contributed by atoms with Crippen molar-refractivity contribution in [3.63, 3.8) is 0 Å². The predicted octanol–water partition coefficient (Wildman–Crippen LogP) is 4.60. The Morgan fingerprint density at radius 1 is 0.829 bits per heavy atom. The van der Waals surface area contributed by atoms with Crippen LogP contribution in [0.15, 0.2) is 60.7 Å². The van der Waals surface area contributed by atoms with E-state index in [1.807, 2.05) is 41.3 Å². The summed E-state index contributed by atoms with van der Waals surface area (Å²) >= 11 is 0. The van der Waals surface area contributed by atoms with Gasteiger partial charge in [0.1, 0.15) is 0 Å². The van der Waals surface area contributed by atoms with Gasteiger partial charge in [-0.3, -0.25) is 9.59 Å². The lowest BCUT2D eigenvalue weighted by molar-refractivity contribution is -0.129. The Balaban J connectivity index is 1.06. The third kappa shape index (κ3) is 5.84. The van der Waals surface area contributed by atoms with Crippen LogP contribution in [0.5, 0.6) is 0 Å². The van der Waals surface area contributed by atoms with Gasteiger partial charge in [0.2, 0.25) is 11.8 Å². The van der Waals surface area contributed by atoms with Gasteiger partial charge < -0.3 is 15.1 Å². The maximum Gasteiger partial charge on any atom is 0.246 e. The Hall–Kier alpha value is -2.92. The molecule has 0 bridgehead atoms. The van der Waals surface area contributed by atoms with Gasteiger partial charge in [-0.1, -0.05) is 54.6 Å². The van der Waals surface area contributed by atoms with Crippen LogP contribution in [0.25, 0.3) is 6.08 Å². The Labute approximate surface area is 209 Å². The van der Waals surface area contributed by atoms with Crippen molar-refractivity contribution in [1.29, 1.82) is 0 Å². The fourth-order valence-electron chi connectivity index (χ4n) is 6.01. The molecule has 3 aliphatic rings. The predicted molar refractivity (Wildman–Crippen MR) is 140 cm³/mol. The zero-order valence-corrected chi connectivity index (χ0v) is 20.6. The maximum atomic E-state index is 13.1. The van der Waals surface area contributed by atoms with Crippen LogP contribution in [-0.2, 0) is 16.0 Å². The highest BCUT2D eigenvalue weighted by Crippen LogP contribution is 2.31. The molecule has 0 saturated carbocycles. The number of nitrogens with zero attached hydrogens (tertiary/aromatic N) is 2. The first-order valence-corrected chi connectivity index (χ1v) is 13.3. The number of aryl methyl sites for hydroxylation is 1. The van der Waals surface area contributed by atoms with Gasteiger partial charge in [0.15, 0.2) is 0 Å². The summed E-state index contributed by atoms with van der Waals surface area (Å²) < 4.78 is 0. The van der Waals surface area contributed by atoms with Gasteiger partial charge in [-0.15, -0.1) is 0 Å². The average Bonchev–Trinajstić information content (AvgIpc) is 2.93. The minimum Gasteiger partial charge on any atom is -0.349 e. The highest BCUT2D eigenvalue weighted by molar-refractivity contribution is 5.91. The third-order valence-electron chi connectivity index (χ3n) is 8.10.